The summed E-state index contributed by atoms with van der Waals surface area (Å²) in [5.74, 6) is 0. The van der Waals surface area contributed by atoms with Crippen LogP contribution in [0.5, 0.6) is 0 Å². The van der Waals surface area contributed by atoms with E-state index in [4.69, 9.17) is 0 Å². The fourth-order valence-corrected chi connectivity index (χ4v) is 2.19. The molecular formula is C11H17NS. The molecule has 0 bridgehead atoms. The Labute approximate surface area is 84.2 Å². The van der Waals surface area contributed by atoms with Crippen molar-refractivity contribution in [2.24, 2.45) is 0 Å². The lowest BCUT2D eigenvalue weighted by Crippen LogP contribution is -2.17. The van der Waals surface area contributed by atoms with E-state index in [0.717, 1.165) is 6.04 Å². The highest BCUT2D eigenvalue weighted by molar-refractivity contribution is 7.07. The van der Waals surface area contributed by atoms with Gasteiger partial charge in [-0.25, -0.2) is 0 Å². The van der Waals surface area contributed by atoms with Crippen LogP contribution in [0.25, 0.3) is 0 Å². The molecule has 0 atom stereocenters. The Morgan fingerprint density at radius 1 is 1.38 bits per heavy atom. The van der Waals surface area contributed by atoms with Gasteiger partial charge in [-0.3, -0.25) is 0 Å². The standard InChI is InChI=1S/C11H17NS/c1(2-7-12-11-4-5-11)3-10-6-8-13-9-10/h6,8-9,11-12H,1-5,7H2. The summed E-state index contributed by atoms with van der Waals surface area (Å²) in [7, 11) is 0. The molecule has 0 spiro atoms. The van der Waals surface area contributed by atoms with Crippen molar-refractivity contribution in [3.05, 3.63) is 22.4 Å². The molecule has 0 unspecified atom stereocenters. The van der Waals surface area contributed by atoms with Gasteiger partial charge in [0.05, 0.1) is 0 Å². The lowest BCUT2D eigenvalue weighted by molar-refractivity contribution is 0.620. The first-order valence-corrected chi connectivity index (χ1v) is 6.14. The van der Waals surface area contributed by atoms with Crippen LogP contribution < -0.4 is 5.32 Å². The minimum atomic E-state index is 0.876. The van der Waals surface area contributed by atoms with E-state index in [1.165, 1.54) is 44.2 Å². The number of hydrogen-bond donors (Lipinski definition) is 1. The van der Waals surface area contributed by atoms with E-state index in [1.54, 1.807) is 11.3 Å². The third kappa shape index (κ3) is 3.49. The summed E-state index contributed by atoms with van der Waals surface area (Å²) < 4.78 is 0. The second-order valence-electron chi connectivity index (χ2n) is 3.82. The predicted molar refractivity (Wildman–Crippen MR) is 58.3 cm³/mol. The van der Waals surface area contributed by atoms with E-state index in [0.29, 0.717) is 0 Å². The third-order valence-electron chi connectivity index (χ3n) is 2.48. The Kier molecular flexibility index (Phi) is 3.39. The van der Waals surface area contributed by atoms with E-state index < -0.39 is 0 Å². The van der Waals surface area contributed by atoms with Gasteiger partial charge in [-0.05, 0) is 61.0 Å². The van der Waals surface area contributed by atoms with Gasteiger partial charge in [0.2, 0.25) is 0 Å². The maximum atomic E-state index is 3.54. The van der Waals surface area contributed by atoms with Crippen molar-refractivity contribution in [3.8, 4) is 0 Å². The largest absolute Gasteiger partial charge is 0.314 e. The molecule has 0 amide bonds. The molecule has 0 aliphatic heterocycles. The molecule has 1 aliphatic rings. The van der Waals surface area contributed by atoms with Gasteiger partial charge in [0.25, 0.3) is 0 Å². The monoisotopic (exact) mass is 195 g/mol. The Balaban J connectivity index is 1.48. The van der Waals surface area contributed by atoms with Crippen molar-refractivity contribution >= 4 is 11.3 Å². The zero-order valence-corrected chi connectivity index (χ0v) is 8.78. The summed E-state index contributed by atoms with van der Waals surface area (Å²) in [6.07, 6.45) is 6.73. The van der Waals surface area contributed by atoms with E-state index in [9.17, 15) is 0 Å². The number of hydrogen-bond acceptors (Lipinski definition) is 2. The molecule has 72 valence electrons. The molecule has 1 heterocycles. The van der Waals surface area contributed by atoms with Gasteiger partial charge >= 0.3 is 0 Å². The second kappa shape index (κ2) is 4.77. The minimum Gasteiger partial charge on any atom is -0.314 e. The summed E-state index contributed by atoms with van der Waals surface area (Å²) in [5.41, 5.74) is 1.51. The van der Waals surface area contributed by atoms with Crippen molar-refractivity contribution in [1.82, 2.24) is 5.32 Å². The minimum absolute atomic E-state index is 0.876. The van der Waals surface area contributed by atoms with Crippen LogP contribution in [0.4, 0.5) is 0 Å². The molecule has 1 aromatic heterocycles. The molecule has 1 aromatic rings. The molecule has 0 saturated heterocycles. The number of aryl methyl sites for hydroxylation is 1. The fourth-order valence-electron chi connectivity index (χ4n) is 1.48. The summed E-state index contributed by atoms with van der Waals surface area (Å²) in [6.45, 7) is 1.22. The summed E-state index contributed by atoms with van der Waals surface area (Å²) >= 11 is 1.80. The smallest absolute Gasteiger partial charge is 0.00682 e. The summed E-state index contributed by atoms with van der Waals surface area (Å²) in [6, 6.07) is 3.11. The lowest BCUT2D eigenvalue weighted by Gasteiger charge is -2.01. The number of rotatable bonds is 6. The zero-order valence-electron chi connectivity index (χ0n) is 7.96. The highest BCUT2D eigenvalue weighted by atomic mass is 32.1. The van der Waals surface area contributed by atoms with Gasteiger partial charge in [-0.2, -0.15) is 11.3 Å². The van der Waals surface area contributed by atoms with E-state index in [1.807, 2.05) is 0 Å². The molecule has 2 rings (SSSR count). The zero-order chi connectivity index (χ0) is 8.93. The van der Waals surface area contributed by atoms with E-state index >= 15 is 0 Å². The van der Waals surface area contributed by atoms with E-state index in [2.05, 4.69) is 22.1 Å². The van der Waals surface area contributed by atoms with Gasteiger partial charge in [-0.1, -0.05) is 0 Å². The second-order valence-corrected chi connectivity index (χ2v) is 4.60. The van der Waals surface area contributed by atoms with Gasteiger partial charge < -0.3 is 5.32 Å². The highest BCUT2D eigenvalue weighted by Crippen LogP contribution is 2.18. The SMILES string of the molecule is c1cc(CCCCNC2CC2)cs1. The predicted octanol–water partition coefficient (Wildman–Crippen LogP) is 2.82. The molecular weight excluding hydrogens is 178 g/mol. The highest BCUT2D eigenvalue weighted by Gasteiger charge is 2.19. The first-order chi connectivity index (χ1) is 6.45. The lowest BCUT2D eigenvalue weighted by atomic mass is 10.1. The molecule has 13 heavy (non-hydrogen) atoms. The quantitative estimate of drug-likeness (QED) is 0.688. The van der Waals surface area contributed by atoms with Crippen LogP contribution in [0.15, 0.2) is 16.8 Å². The molecule has 1 N–H and O–H groups in total. The average Bonchev–Trinajstić information content (AvgIpc) is 2.81. The number of unbranched alkanes of at least 4 members (excludes halogenated alkanes) is 1. The molecule has 0 aromatic carbocycles. The van der Waals surface area contributed by atoms with Crippen LogP contribution in [0.2, 0.25) is 0 Å². The van der Waals surface area contributed by atoms with Gasteiger partial charge in [0, 0.05) is 6.04 Å². The van der Waals surface area contributed by atoms with Gasteiger partial charge in [0.15, 0.2) is 0 Å². The topological polar surface area (TPSA) is 12.0 Å². The Morgan fingerprint density at radius 2 is 2.31 bits per heavy atom. The molecule has 1 saturated carbocycles. The normalized spacial score (nSPS) is 16.3. The Bertz CT molecular complexity index is 226. The average molecular weight is 195 g/mol. The molecule has 2 heteroatoms. The third-order valence-corrected chi connectivity index (χ3v) is 3.21. The first-order valence-electron chi connectivity index (χ1n) is 5.19. The first kappa shape index (κ1) is 9.22. The van der Waals surface area contributed by atoms with Crippen molar-refractivity contribution in [2.45, 2.75) is 38.1 Å². The Morgan fingerprint density at radius 3 is 3.00 bits per heavy atom. The molecule has 1 fully saturated rings. The van der Waals surface area contributed by atoms with Crippen molar-refractivity contribution in [1.29, 1.82) is 0 Å². The molecule has 0 radical (unpaired) electrons. The van der Waals surface area contributed by atoms with Crippen molar-refractivity contribution < 1.29 is 0 Å². The van der Waals surface area contributed by atoms with Crippen LogP contribution >= 0.6 is 11.3 Å². The summed E-state index contributed by atoms with van der Waals surface area (Å²) in [5, 5.41) is 7.96. The van der Waals surface area contributed by atoms with Crippen LogP contribution in [0, 0.1) is 0 Å². The van der Waals surface area contributed by atoms with Gasteiger partial charge in [0.1, 0.15) is 0 Å². The van der Waals surface area contributed by atoms with Crippen molar-refractivity contribution in [3.63, 3.8) is 0 Å². The maximum absolute atomic E-state index is 3.54. The van der Waals surface area contributed by atoms with Crippen LogP contribution in [0.3, 0.4) is 0 Å². The summed E-state index contributed by atoms with van der Waals surface area (Å²) in [4.78, 5) is 0. The molecule has 1 nitrogen and oxygen atoms in total. The molecule has 1 aliphatic carbocycles. The maximum Gasteiger partial charge on any atom is 0.00682 e. The van der Waals surface area contributed by atoms with Crippen LogP contribution in [-0.2, 0) is 6.42 Å². The van der Waals surface area contributed by atoms with Crippen molar-refractivity contribution in [2.75, 3.05) is 6.54 Å². The number of thiophene rings is 1. The van der Waals surface area contributed by atoms with E-state index in [-0.39, 0.29) is 0 Å². The van der Waals surface area contributed by atoms with Crippen LogP contribution in [-0.4, -0.2) is 12.6 Å². The number of nitrogens with one attached hydrogen (secondary N) is 1. The fraction of sp³-hybridized carbons (Fsp3) is 0.636. The van der Waals surface area contributed by atoms with Crippen LogP contribution in [0.1, 0.15) is 31.2 Å². The Hall–Kier alpha value is -0.340. The van der Waals surface area contributed by atoms with Gasteiger partial charge in [-0.15, -0.1) is 0 Å².